The Bertz CT molecular complexity index is 619. The summed E-state index contributed by atoms with van der Waals surface area (Å²) in [6.45, 7) is 3.64. The van der Waals surface area contributed by atoms with Gasteiger partial charge in [-0.3, -0.25) is 0 Å². The Kier molecular flexibility index (Phi) is 6.84. The van der Waals surface area contributed by atoms with Crippen LogP contribution in [0.3, 0.4) is 0 Å². The standard InChI is InChI=1S/C18H22FNO3/c1-2-22-17-9-5-7-14(12-20-10-11-21)18(17)23-13-15-6-3-4-8-16(15)19/h3-9,20-21H,2,10-13H2,1H3. The Balaban J connectivity index is 2.17. The maximum absolute atomic E-state index is 13.7. The van der Waals surface area contributed by atoms with Gasteiger partial charge in [0.25, 0.3) is 0 Å². The number of nitrogens with one attached hydrogen (secondary N) is 1. The summed E-state index contributed by atoms with van der Waals surface area (Å²) in [6.07, 6.45) is 0. The monoisotopic (exact) mass is 319 g/mol. The molecule has 0 heterocycles. The zero-order chi connectivity index (χ0) is 16.5. The van der Waals surface area contributed by atoms with Crippen molar-refractivity contribution < 1.29 is 19.0 Å². The minimum absolute atomic E-state index is 0.0660. The number of hydrogen-bond donors (Lipinski definition) is 2. The summed E-state index contributed by atoms with van der Waals surface area (Å²) in [5, 5.41) is 12.0. The van der Waals surface area contributed by atoms with Crippen LogP contribution in [-0.2, 0) is 13.2 Å². The Labute approximate surface area is 135 Å². The van der Waals surface area contributed by atoms with Crippen molar-refractivity contribution >= 4 is 0 Å². The normalized spacial score (nSPS) is 10.6. The van der Waals surface area contributed by atoms with Gasteiger partial charge in [0, 0.05) is 24.2 Å². The molecule has 0 aromatic heterocycles. The topological polar surface area (TPSA) is 50.7 Å². The van der Waals surface area contributed by atoms with Crippen LogP contribution in [0.5, 0.6) is 11.5 Å². The van der Waals surface area contributed by atoms with E-state index in [2.05, 4.69) is 5.32 Å². The molecule has 0 amide bonds. The zero-order valence-electron chi connectivity index (χ0n) is 13.2. The third-order valence-electron chi connectivity index (χ3n) is 3.29. The van der Waals surface area contributed by atoms with Crippen LogP contribution < -0.4 is 14.8 Å². The van der Waals surface area contributed by atoms with Gasteiger partial charge in [-0.15, -0.1) is 0 Å². The molecule has 124 valence electrons. The molecule has 2 N–H and O–H groups in total. The highest BCUT2D eigenvalue weighted by atomic mass is 19.1. The summed E-state index contributed by atoms with van der Waals surface area (Å²) in [5.41, 5.74) is 1.40. The molecule has 0 aliphatic heterocycles. The first kappa shape index (κ1) is 17.2. The fourth-order valence-electron chi connectivity index (χ4n) is 2.20. The molecule has 2 aromatic rings. The van der Waals surface area contributed by atoms with Crippen LogP contribution in [0.1, 0.15) is 18.1 Å². The highest BCUT2D eigenvalue weighted by molar-refractivity contribution is 5.46. The van der Waals surface area contributed by atoms with Gasteiger partial charge >= 0.3 is 0 Å². The van der Waals surface area contributed by atoms with Gasteiger partial charge in [0.2, 0.25) is 0 Å². The largest absolute Gasteiger partial charge is 0.490 e. The molecule has 0 aliphatic carbocycles. The molecule has 0 atom stereocenters. The van der Waals surface area contributed by atoms with E-state index in [1.807, 2.05) is 25.1 Å². The lowest BCUT2D eigenvalue weighted by atomic mass is 10.1. The summed E-state index contributed by atoms with van der Waals surface area (Å²) < 4.78 is 25.2. The predicted octanol–water partition coefficient (Wildman–Crippen LogP) is 2.89. The minimum atomic E-state index is -0.290. The molecular formula is C18H22FNO3. The molecule has 2 rings (SSSR count). The molecule has 2 aromatic carbocycles. The molecule has 0 saturated carbocycles. The molecule has 4 nitrogen and oxygen atoms in total. The van der Waals surface area contributed by atoms with Crippen LogP contribution >= 0.6 is 0 Å². The Morgan fingerprint density at radius 1 is 1.04 bits per heavy atom. The lowest BCUT2D eigenvalue weighted by Crippen LogP contribution is -2.18. The van der Waals surface area contributed by atoms with E-state index in [1.54, 1.807) is 18.2 Å². The first-order chi connectivity index (χ1) is 11.3. The number of hydrogen-bond acceptors (Lipinski definition) is 4. The van der Waals surface area contributed by atoms with E-state index < -0.39 is 0 Å². The maximum Gasteiger partial charge on any atom is 0.166 e. The first-order valence-corrected chi connectivity index (χ1v) is 7.68. The van der Waals surface area contributed by atoms with Crippen molar-refractivity contribution in [1.29, 1.82) is 0 Å². The van der Waals surface area contributed by atoms with Crippen LogP contribution in [0.4, 0.5) is 4.39 Å². The summed E-state index contributed by atoms with van der Waals surface area (Å²) >= 11 is 0. The van der Waals surface area contributed by atoms with Crippen LogP contribution in [-0.4, -0.2) is 24.9 Å². The van der Waals surface area contributed by atoms with Gasteiger partial charge in [0.1, 0.15) is 12.4 Å². The lowest BCUT2D eigenvalue weighted by molar-refractivity contribution is 0.261. The SMILES string of the molecule is CCOc1cccc(CNCCO)c1OCc1ccccc1F. The van der Waals surface area contributed by atoms with Crippen LogP contribution in [0.2, 0.25) is 0 Å². The summed E-state index contributed by atoms with van der Waals surface area (Å²) in [7, 11) is 0. The second-order valence-electron chi connectivity index (χ2n) is 4.96. The number of para-hydroxylation sites is 1. The average molecular weight is 319 g/mol. The van der Waals surface area contributed by atoms with Gasteiger partial charge in [-0.05, 0) is 19.1 Å². The molecule has 0 spiro atoms. The van der Waals surface area contributed by atoms with E-state index in [0.29, 0.717) is 36.8 Å². The highest BCUT2D eigenvalue weighted by Gasteiger charge is 2.12. The third-order valence-corrected chi connectivity index (χ3v) is 3.29. The van der Waals surface area contributed by atoms with Crippen LogP contribution in [0.25, 0.3) is 0 Å². The van der Waals surface area contributed by atoms with Crippen molar-refractivity contribution in [2.45, 2.75) is 20.1 Å². The summed E-state index contributed by atoms with van der Waals surface area (Å²) in [5.74, 6) is 0.941. The van der Waals surface area contributed by atoms with Gasteiger partial charge in [0.05, 0.1) is 13.2 Å². The molecule has 23 heavy (non-hydrogen) atoms. The quantitative estimate of drug-likeness (QED) is 0.698. The second kappa shape index (κ2) is 9.12. The van der Waals surface area contributed by atoms with Gasteiger partial charge in [-0.2, -0.15) is 0 Å². The summed E-state index contributed by atoms with van der Waals surface area (Å²) in [4.78, 5) is 0. The fourth-order valence-corrected chi connectivity index (χ4v) is 2.20. The van der Waals surface area contributed by atoms with Crippen molar-refractivity contribution in [2.75, 3.05) is 19.8 Å². The van der Waals surface area contributed by atoms with E-state index in [4.69, 9.17) is 14.6 Å². The lowest BCUT2D eigenvalue weighted by Gasteiger charge is -2.16. The van der Waals surface area contributed by atoms with Gasteiger partial charge in [0.15, 0.2) is 11.5 Å². The molecule has 0 fully saturated rings. The predicted molar refractivity (Wildman–Crippen MR) is 87.1 cm³/mol. The maximum atomic E-state index is 13.7. The fraction of sp³-hybridized carbons (Fsp3) is 0.333. The molecule has 0 unspecified atom stereocenters. The van der Waals surface area contributed by atoms with Crippen molar-refractivity contribution in [3.05, 3.63) is 59.4 Å². The van der Waals surface area contributed by atoms with Crippen LogP contribution in [0, 0.1) is 5.82 Å². The molecular weight excluding hydrogens is 297 g/mol. The molecule has 0 aliphatic rings. The number of aliphatic hydroxyl groups is 1. The van der Waals surface area contributed by atoms with Gasteiger partial charge in [-0.1, -0.05) is 30.3 Å². The second-order valence-corrected chi connectivity index (χ2v) is 4.96. The minimum Gasteiger partial charge on any atom is -0.490 e. The molecule has 0 saturated heterocycles. The molecule has 0 bridgehead atoms. The van der Waals surface area contributed by atoms with E-state index in [1.165, 1.54) is 6.07 Å². The summed E-state index contributed by atoms with van der Waals surface area (Å²) in [6, 6.07) is 12.2. The van der Waals surface area contributed by atoms with E-state index >= 15 is 0 Å². The Morgan fingerprint density at radius 2 is 1.83 bits per heavy atom. The average Bonchev–Trinajstić information content (AvgIpc) is 2.56. The first-order valence-electron chi connectivity index (χ1n) is 7.68. The Morgan fingerprint density at radius 3 is 2.57 bits per heavy atom. The van der Waals surface area contributed by atoms with E-state index in [-0.39, 0.29) is 19.0 Å². The van der Waals surface area contributed by atoms with Gasteiger partial charge in [-0.25, -0.2) is 4.39 Å². The van der Waals surface area contributed by atoms with Gasteiger partial charge < -0.3 is 19.9 Å². The molecule has 5 heteroatoms. The Hall–Kier alpha value is -2.11. The third kappa shape index (κ3) is 4.94. The van der Waals surface area contributed by atoms with Crippen molar-refractivity contribution in [2.24, 2.45) is 0 Å². The number of aliphatic hydroxyl groups excluding tert-OH is 1. The van der Waals surface area contributed by atoms with E-state index in [0.717, 1.165) is 5.56 Å². The number of rotatable bonds is 9. The zero-order valence-corrected chi connectivity index (χ0v) is 13.2. The van der Waals surface area contributed by atoms with Crippen molar-refractivity contribution in [3.8, 4) is 11.5 Å². The van der Waals surface area contributed by atoms with Crippen molar-refractivity contribution in [1.82, 2.24) is 5.32 Å². The number of halogens is 1. The smallest absolute Gasteiger partial charge is 0.166 e. The highest BCUT2D eigenvalue weighted by Crippen LogP contribution is 2.32. The van der Waals surface area contributed by atoms with Crippen LogP contribution in [0.15, 0.2) is 42.5 Å². The number of benzene rings is 2. The number of ether oxygens (including phenoxy) is 2. The van der Waals surface area contributed by atoms with Crippen molar-refractivity contribution in [3.63, 3.8) is 0 Å². The molecule has 0 radical (unpaired) electrons. The van der Waals surface area contributed by atoms with E-state index in [9.17, 15) is 4.39 Å².